The Balaban J connectivity index is 2.27. The van der Waals surface area contributed by atoms with Gasteiger partial charge in [-0.1, -0.05) is 32.8 Å². The van der Waals surface area contributed by atoms with Crippen LogP contribution in [-0.2, 0) is 6.54 Å². The van der Waals surface area contributed by atoms with Crippen molar-refractivity contribution in [3.8, 4) is 0 Å². The first-order valence-electron chi connectivity index (χ1n) is 7.04. The van der Waals surface area contributed by atoms with Crippen LogP contribution in [0.4, 0.5) is 0 Å². The zero-order valence-corrected chi connectivity index (χ0v) is 12.3. The summed E-state index contributed by atoms with van der Waals surface area (Å²) in [5.41, 5.74) is 6.80. The third-order valence-corrected chi connectivity index (χ3v) is 2.95. The van der Waals surface area contributed by atoms with Gasteiger partial charge < -0.3 is 11.1 Å². The molecule has 1 rings (SSSR count). The molecule has 1 aromatic rings. The summed E-state index contributed by atoms with van der Waals surface area (Å²) in [6.07, 6.45) is 5.37. The number of pyridine rings is 1. The fourth-order valence-electron chi connectivity index (χ4n) is 1.86. The number of aliphatic imine (C=N–C) groups is 1. The van der Waals surface area contributed by atoms with E-state index in [1.54, 1.807) is 6.20 Å². The zero-order chi connectivity index (χ0) is 14.1. The van der Waals surface area contributed by atoms with Gasteiger partial charge >= 0.3 is 0 Å². The van der Waals surface area contributed by atoms with Crippen molar-refractivity contribution in [3.05, 3.63) is 30.1 Å². The van der Waals surface area contributed by atoms with Crippen LogP contribution in [0.3, 0.4) is 0 Å². The minimum atomic E-state index is 0.367. The molecule has 4 nitrogen and oxygen atoms in total. The highest BCUT2D eigenvalue weighted by Gasteiger charge is 2.03. The number of hydrogen-bond donors (Lipinski definition) is 2. The van der Waals surface area contributed by atoms with Crippen LogP contribution < -0.4 is 11.1 Å². The largest absolute Gasteiger partial charge is 0.370 e. The summed E-state index contributed by atoms with van der Waals surface area (Å²) in [6.45, 7) is 7.17. The number of nitrogens with zero attached hydrogens (tertiary/aromatic N) is 2. The van der Waals surface area contributed by atoms with Gasteiger partial charge in [-0.15, -0.1) is 0 Å². The Morgan fingerprint density at radius 2 is 2.11 bits per heavy atom. The summed E-state index contributed by atoms with van der Waals surface area (Å²) >= 11 is 0. The number of nitrogens with two attached hydrogens (primary N) is 1. The normalized spacial score (nSPS) is 13.6. The van der Waals surface area contributed by atoms with Gasteiger partial charge in [0, 0.05) is 12.2 Å². The molecule has 1 unspecified atom stereocenters. The molecule has 4 heteroatoms. The zero-order valence-electron chi connectivity index (χ0n) is 12.3. The van der Waals surface area contributed by atoms with Gasteiger partial charge in [0.15, 0.2) is 5.96 Å². The van der Waals surface area contributed by atoms with Crippen LogP contribution in [0, 0.1) is 5.92 Å². The summed E-state index contributed by atoms with van der Waals surface area (Å²) in [5.74, 6) is 1.27. The van der Waals surface area contributed by atoms with Crippen LogP contribution in [0.2, 0.25) is 0 Å². The lowest BCUT2D eigenvalue weighted by Gasteiger charge is -2.15. The Labute approximate surface area is 116 Å². The summed E-state index contributed by atoms with van der Waals surface area (Å²) in [6, 6.07) is 6.16. The topological polar surface area (TPSA) is 63.3 Å². The first-order valence-corrected chi connectivity index (χ1v) is 7.04. The second-order valence-corrected chi connectivity index (χ2v) is 5.39. The number of guanidine groups is 1. The molecule has 1 aromatic heterocycles. The molecule has 0 saturated heterocycles. The quantitative estimate of drug-likeness (QED) is 0.586. The van der Waals surface area contributed by atoms with Crippen molar-refractivity contribution < 1.29 is 0 Å². The minimum absolute atomic E-state index is 0.367. The lowest BCUT2D eigenvalue weighted by atomic mass is 10.0. The molecule has 1 heterocycles. The van der Waals surface area contributed by atoms with Gasteiger partial charge in [0.05, 0.1) is 12.2 Å². The molecule has 19 heavy (non-hydrogen) atoms. The summed E-state index contributed by atoms with van der Waals surface area (Å²) in [4.78, 5) is 8.51. The smallest absolute Gasteiger partial charge is 0.189 e. The van der Waals surface area contributed by atoms with Crippen LogP contribution in [0.25, 0.3) is 0 Å². The van der Waals surface area contributed by atoms with Crippen LogP contribution in [-0.4, -0.2) is 17.0 Å². The van der Waals surface area contributed by atoms with Crippen molar-refractivity contribution in [2.75, 3.05) is 0 Å². The van der Waals surface area contributed by atoms with E-state index in [2.05, 4.69) is 36.1 Å². The van der Waals surface area contributed by atoms with Gasteiger partial charge in [-0.2, -0.15) is 0 Å². The number of rotatable bonds is 7. The Hall–Kier alpha value is -1.58. The Kier molecular flexibility index (Phi) is 6.93. The molecule has 0 spiro atoms. The monoisotopic (exact) mass is 262 g/mol. The van der Waals surface area contributed by atoms with Crippen LogP contribution in [0.5, 0.6) is 0 Å². The fourth-order valence-corrected chi connectivity index (χ4v) is 1.86. The SMILES string of the molecule is CC(C)CCCC(C)NC(N)=NCc1ccccn1. The number of hydrogen-bond acceptors (Lipinski definition) is 2. The molecule has 0 saturated carbocycles. The van der Waals surface area contributed by atoms with Crippen LogP contribution >= 0.6 is 0 Å². The molecule has 0 aliphatic heterocycles. The molecule has 1 atom stereocenters. The Morgan fingerprint density at radius 1 is 1.32 bits per heavy atom. The van der Waals surface area contributed by atoms with Gasteiger partial charge in [-0.25, -0.2) is 4.99 Å². The standard InChI is InChI=1S/C15H26N4/c1-12(2)7-6-8-13(3)19-15(16)18-11-14-9-4-5-10-17-14/h4-5,9-10,12-13H,6-8,11H2,1-3H3,(H3,16,18,19). The molecule has 0 aliphatic carbocycles. The molecule has 0 bridgehead atoms. The van der Waals surface area contributed by atoms with E-state index in [9.17, 15) is 0 Å². The van der Waals surface area contributed by atoms with Gasteiger partial charge in [0.1, 0.15) is 0 Å². The first kappa shape index (κ1) is 15.5. The molecule has 0 aliphatic rings. The molecule has 0 fully saturated rings. The van der Waals surface area contributed by atoms with E-state index in [4.69, 9.17) is 5.73 Å². The highest BCUT2D eigenvalue weighted by molar-refractivity contribution is 5.78. The maximum absolute atomic E-state index is 5.87. The van der Waals surface area contributed by atoms with E-state index in [0.29, 0.717) is 18.5 Å². The van der Waals surface area contributed by atoms with Crippen molar-refractivity contribution >= 4 is 5.96 Å². The van der Waals surface area contributed by atoms with E-state index >= 15 is 0 Å². The third-order valence-electron chi connectivity index (χ3n) is 2.95. The fraction of sp³-hybridized carbons (Fsp3) is 0.600. The minimum Gasteiger partial charge on any atom is -0.370 e. The Morgan fingerprint density at radius 3 is 2.74 bits per heavy atom. The summed E-state index contributed by atoms with van der Waals surface area (Å²) < 4.78 is 0. The predicted molar refractivity (Wildman–Crippen MR) is 80.9 cm³/mol. The van der Waals surface area contributed by atoms with E-state index in [1.165, 1.54) is 12.8 Å². The van der Waals surface area contributed by atoms with Crippen molar-refractivity contribution in [2.24, 2.45) is 16.6 Å². The van der Waals surface area contributed by atoms with Gasteiger partial charge in [0.25, 0.3) is 0 Å². The van der Waals surface area contributed by atoms with Crippen molar-refractivity contribution in [3.63, 3.8) is 0 Å². The average molecular weight is 262 g/mol. The van der Waals surface area contributed by atoms with Crippen molar-refractivity contribution in [1.29, 1.82) is 0 Å². The second kappa shape index (κ2) is 8.51. The summed E-state index contributed by atoms with van der Waals surface area (Å²) in [7, 11) is 0. The molecule has 3 N–H and O–H groups in total. The highest BCUT2D eigenvalue weighted by Crippen LogP contribution is 2.08. The van der Waals surface area contributed by atoms with Crippen molar-refractivity contribution in [2.45, 2.75) is 52.6 Å². The van der Waals surface area contributed by atoms with E-state index in [0.717, 1.165) is 18.0 Å². The van der Waals surface area contributed by atoms with E-state index < -0.39 is 0 Å². The van der Waals surface area contributed by atoms with Crippen molar-refractivity contribution in [1.82, 2.24) is 10.3 Å². The molecule has 0 radical (unpaired) electrons. The maximum Gasteiger partial charge on any atom is 0.189 e. The van der Waals surface area contributed by atoms with Gasteiger partial charge in [-0.3, -0.25) is 4.98 Å². The van der Waals surface area contributed by atoms with Crippen LogP contribution in [0.15, 0.2) is 29.4 Å². The third kappa shape index (κ3) is 7.44. The maximum atomic E-state index is 5.87. The van der Waals surface area contributed by atoms with E-state index in [1.807, 2.05) is 18.2 Å². The molecule has 0 aromatic carbocycles. The number of nitrogens with one attached hydrogen (secondary N) is 1. The summed E-state index contributed by atoms with van der Waals surface area (Å²) in [5, 5.41) is 3.22. The lowest BCUT2D eigenvalue weighted by Crippen LogP contribution is -2.38. The predicted octanol–water partition coefficient (Wildman–Crippen LogP) is 2.70. The molecular weight excluding hydrogens is 236 g/mol. The average Bonchev–Trinajstić information content (AvgIpc) is 2.37. The van der Waals surface area contributed by atoms with Gasteiger partial charge in [0.2, 0.25) is 0 Å². The van der Waals surface area contributed by atoms with Gasteiger partial charge in [-0.05, 0) is 31.4 Å². The van der Waals surface area contributed by atoms with Crippen LogP contribution in [0.1, 0.15) is 45.7 Å². The molecule has 0 amide bonds. The first-order chi connectivity index (χ1) is 9.08. The second-order valence-electron chi connectivity index (χ2n) is 5.39. The Bertz CT molecular complexity index is 373. The highest BCUT2D eigenvalue weighted by atomic mass is 15.1. The molecule has 106 valence electrons. The molecular formula is C15H26N4. The lowest BCUT2D eigenvalue weighted by molar-refractivity contribution is 0.493. The van der Waals surface area contributed by atoms with E-state index in [-0.39, 0.29) is 0 Å². The number of aromatic nitrogens is 1.